The Morgan fingerprint density at radius 3 is 2.40 bits per heavy atom. The van der Waals surface area contributed by atoms with Gasteiger partial charge in [-0.3, -0.25) is 4.79 Å². The molecular weight excluding hydrogens is 258 g/mol. The number of rotatable bonds is 4. The predicted molar refractivity (Wildman–Crippen MR) is 73.3 cm³/mol. The van der Waals surface area contributed by atoms with Crippen molar-refractivity contribution < 1.29 is 19.1 Å². The summed E-state index contributed by atoms with van der Waals surface area (Å²) in [5, 5.41) is 2.80. The van der Waals surface area contributed by atoms with Gasteiger partial charge in [-0.05, 0) is 38.5 Å². The molecule has 0 radical (unpaired) electrons. The quantitative estimate of drug-likeness (QED) is 0.675. The first-order valence-corrected chi connectivity index (χ1v) is 6.57. The van der Waals surface area contributed by atoms with Crippen LogP contribution in [0.1, 0.15) is 38.8 Å². The number of hydrogen-bond acceptors (Lipinski definition) is 4. The molecule has 108 valence electrons. The second-order valence-electron chi connectivity index (χ2n) is 5.77. The zero-order valence-corrected chi connectivity index (χ0v) is 11.9. The van der Waals surface area contributed by atoms with Gasteiger partial charge in [0.25, 0.3) is 0 Å². The first-order chi connectivity index (χ1) is 9.33. The fourth-order valence-corrected chi connectivity index (χ4v) is 1.87. The third-order valence-electron chi connectivity index (χ3n) is 2.78. The van der Waals surface area contributed by atoms with Gasteiger partial charge in [0, 0.05) is 0 Å². The van der Waals surface area contributed by atoms with Gasteiger partial charge in [-0.2, -0.15) is 0 Å². The zero-order valence-electron chi connectivity index (χ0n) is 11.9. The van der Waals surface area contributed by atoms with E-state index in [1.54, 1.807) is 12.1 Å². The predicted octanol–water partition coefficient (Wildman–Crippen LogP) is 1.97. The lowest BCUT2D eigenvalue weighted by atomic mass is 9.97. The van der Waals surface area contributed by atoms with E-state index in [0.717, 1.165) is 5.56 Å². The average molecular weight is 277 g/mol. The van der Waals surface area contributed by atoms with Crippen LogP contribution in [0.2, 0.25) is 0 Å². The minimum absolute atomic E-state index is 0.0697. The first-order valence-electron chi connectivity index (χ1n) is 6.57. The Kier molecular flexibility index (Phi) is 3.97. The number of nitrogens with one attached hydrogen (secondary N) is 1. The Labute approximate surface area is 118 Å². The Hall–Kier alpha value is -2.04. The van der Waals surface area contributed by atoms with Crippen molar-refractivity contribution in [3.8, 4) is 5.75 Å². The topological polar surface area (TPSA) is 64.6 Å². The number of carbonyl (C=O) groups is 2. The van der Waals surface area contributed by atoms with E-state index in [9.17, 15) is 9.59 Å². The lowest BCUT2D eigenvalue weighted by Crippen LogP contribution is -2.41. The van der Waals surface area contributed by atoms with E-state index in [1.807, 2.05) is 32.9 Å². The van der Waals surface area contributed by atoms with Crippen LogP contribution in [0, 0.1) is 0 Å². The molecule has 1 atom stereocenters. The molecule has 0 bridgehead atoms. The van der Waals surface area contributed by atoms with Crippen LogP contribution in [-0.2, 0) is 14.3 Å². The van der Waals surface area contributed by atoms with Gasteiger partial charge < -0.3 is 14.8 Å². The minimum Gasteiger partial charge on any atom is -0.482 e. The van der Waals surface area contributed by atoms with E-state index in [-0.39, 0.29) is 18.6 Å². The van der Waals surface area contributed by atoms with Gasteiger partial charge in [0.1, 0.15) is 11.4 Å². The highest BCUT2D eigenvalue weighted by Gasteiger charge is 2.26. The zero-order chi connectivity index (χ0) is 14.8. The van der Waals surface area contributed by atoms with E-state index < -0.39 is 11.6 Å². The van der Waals surface area contributed by atoms with Crippen molar-refractivity contribution in [1.29, 1.82) is 0 Å². The summed E-state index contributed by atoms with van der Waals surface area (Å²) in [7, 11) is 0. The summed E-state index contributed by atoms with van der Waals surface area (Å²) in [5.41, 5.74) is 0.529. The largest absolute Gasteiger partial charge is 0.482 e. The number of benzene rings is 1. The molecule has 1 saturated heterocycles. The fourth-order valence-electron chi connectivity index (χ4n) is 1.87. The number of esters is 1. The number of hydrogen-bond donors (Lipinski definition) is 1. The fraction of sp³-hybridized carbons (Fsp3) is 0.467. The Morgan fingerprint density at radius 2 is 1.90 bits per heavy atom. The molecule has 2 rings (SSSR count). The van der Waals surface area contributed by atoms with Crippen LogP contribution in [0.3, 0.4) is 0 Å². The first kappa shape index (κ1) is 14.4. The van der Waals surface area contributed by atoms with Gasteiger partial charge in [-0.1, -0.05) is 12.1 Å². The van der Waals surface area contributed by atoms with Crippen LogP contribution in [-0.4, -0.2) is 24.1 Å². The summed E-state index contributed by atoms with van der Waals surface area (Å²) in [5.74, 6) is 0.276. The van der Waals surface area contributed by atoms with Gasteiger partial charge in [0.15, 0.2) is 6.61 Å². The van der Waals surface area contributed by atoms with Crippen LogP contribution >= 0.6 is 0 Å². The maximum absolute atomic E-state index is 11.5. The normalized spacial score (nSPS) is 17.9. The highest BCUT2D eigenvalue weighted by atomic mass is 16.6. The number of β-lactam (4-membered cyclic amide) rings is 1. The van der Waals surface area contributed by atoms with E-state index in [2.05, 4.69) is 5.32 Å². The lowest BCUT2D eigenvalue weighted by molar-refractivity contribution is -0.157. The minimum atomic E-state index is -0.507. The summed E-state index contributed by atoms with van der Waals surface area (Å²) in [4.78, 5) is 22.4. The Morgan fingerprint density at radius 1 is 1.30 bits per heavy atom. The number of ether oxygens (including phenoxy) is 2. The Balaban J connectivity index is 1.82. The Bertz CT molecular complexity index is 494. The summed E-state index contributed by atoms with van der Waals surface area (Å²) in [6.07, 6.45) is 0.526. The molecule has 1 N–H and O–H groups in total. The molecule has 1 heterocycles. The van der Waals surface area contributed by atoms with Crippen molar-refractivity contribution in [3.63, 3.8) is 0 Å². The molecule has 5 heteroatoms. The highest BCUT2D eigenvalue weighted by molar-refractivity contribution is 5.83. The van der Waals surface area contributed by atoms with Crippen LogP contribution in [0.5, 0.6) is 5.75 Å². The van der Waals surface area contributed by atoms with Crippen molar-refractivity contribution in [2.24, 2.45) is 0 Å². The maximum Gasteiger partial charge on any atom is 0.344 e. The molecule has 0 aliphatic carbocycles. The number of carbonyl (C=O) groups excluding carboxylic acids is 2. The second kappa shape index (κ2) is 5.53. The van der Waals surface area contributed by atoms with Gasteiger partial charge in [-0.25, -0.2) is 4.79 Å². The van der Waals surface area contributed by atoms with Crippen molar-refractivity contribution in [1.82, 2.24) is 5.32 Å². The van der Waals surface area contributed by atoms with Gasteiger partial charge in [0.05, 0.1) is 12.5 Å². The summed E-state index contributed by atoms with van der Waals surface area (Å²) >= 11 is 0. The molecule has 5 nitrogen and oxygen atoms in total. The van der Waals surface area contributed by atoms with Crippen molar-refractivity contribution in [2.75, 3.05) is 6.61 Å². The molecule has 1 amide bonds. The molecule has 1 aromatic rings. The smallest absolute Gasteiger partial charge is 0.344 e. The third kappa shape index (κ3) is 3.98. The highest BCUT2D eigenvalue weighted by Crippen LogP contribution is 2.25. The van der Waals surface area contributed by atoms with Gasteiger partial charge in [0.2, 0.25) is 5.91 Å². The molecule has 0 aromatic heterocycles. The van der Waals surface area contributed by atoms with Crippen LogP contribution in [0.15, 0.2) is 24.3 Å². The summed E-state index contributed by atoms with van der Waals surface area (Å²) < 4.78 is 10.5. The maximum atomic E-state index is 11.5. The molecule has 20 heavy (non-hydrogen) atoms. The third-order valence-corrected chi connectivity index (χ3v) is 2.78. The van der Waals surface area contributed by atoms with Crippen molar-refractivity contribution in [2.45, 2.75) is 38.8 Å². The van der Waals surface area contributed by atoms with E-state index in [0.29, 0.717) is 12.2 Å². The van der Waals surface area contributed by atoms with E-state index >= 15 is 0 Å². The number of amides is 1. The summed E-state index contributed by atoms with van der Waals surface area (Å²) in [6.45, 7) is 5.32. The second-order valence-corrected chi connectivity index (χ2v) is 5.77. The van der Waals surface area contributed by atoms with Crippen LogP contribution in [0.4, 0.5) is 0 Å². The molecule has 0 spiro atoms. The van der Waals surface area contributed by atoms with Gasteiger partial charge >= 0.3 is 5.97 Å². The standard InChI is InChI=1S/C15H19NO4/c1-15(2,3)20-14(18)9-19-11-6-4-10(5-7-11)12-8-13(17)16-12/h4-7,12H,8-9H2,1-3H3,(H,16,17). The lowest BCUT2D eigenvalue weighted by Gasteiger charge is -2.27. The molecule has 1 aliphatic rings. The average Bonchev–Trinajstić information content (AvgIpc) is 2.31. The SMILES string of the molecule is CC(C)(C)OC(=O)COc1ccc(C2CC(=O)N2)cc1. The molecule has 0 saturated carbocycles. The molecule has 1 aromatic carbocycles. The van der Waals surface area contributed by atoms with Crippen molar-refractivity contribution >= 4 is 11.9 Å². The van der Waals surface area contributed by atoms with Crippen LogP contribution in [0.25, 0.3) is 0 Å². The molecule has 1 aliphatic heterocycles. The van der Waals surface area contributed by atoms with Gasteiger partial charge in [-0.15, -0.1) is 0 Å². The van der Waals surface area contributed by atoms with Crippen molar-refractivity contribution in [3.05, 3.63) is 29.8 Å². The molecule has 1 fully saturated rings. The summed E-state index contributed by atoms with van der Waals surface area (Å²) in [6, 6.07) is 7.43. The van der Waals surface area contributed by atoms with Crippen LogP contribution < -0.4 is 10.1 Å². The monoisotopic (exact) mass is 277 g/mol. The molecule has 1 unspecified atom stereocenters. The molecular formula is C15H19NO4. The van der Waals surface area contributed by atoms with E-state index in [4.69, 9.17) is 9.47 Å². The van der Waals surface area contributed by atoms with E-state index in [1.165, 1.54) is 0 Å².